The molecule has 1 heterocycles. The molecule has 0 aromatic rings. The molecule has 0 amide bonds. The summed E-state index contributed by atoms with van der Waals surface area (Å²) in [7, 11) is 1.21. The summed E-state index contributed by atoms with van der Waals surface area (Å²) in [6, 6.07) is 0. The standard InChI is InChI=1S/C19H38O15/c1-9-14(26)15(27)16(28)19(31-9)34-13(7-24)18(29-2)33-11(5-22)8-30-17(12(25)6-23)32-10(3-20)4-21/h9-28H,3-8H2,1-2H3/t9?,11?,12-,13-,14?,15-,16-,17?,18?,19?/m0/s1. The normalized spacial score (nSPS) is 30.2. The van der Waals surface area contributed by atoms with E-state index in [9.17, 15) is 30.6 Å². The van der Waals surface area contributed by atoms with Gasteiger partial charge >= 0.3 is 0 Å². The molecule has 10 atom stereocenters. The van der Waals surface area contributed by atoms with Crippen LogP contribution in [0.25, 0.3) is 0 Å². The second kappa shape index (κ2) is 16.2. The minimum Gasteiger partial charge on any atom is -0.394 e. The van der Waals surface area contributed by atoms with Crippen molar-refractivity contribution in [1.29, 1.82) is 0 Å². The second-order valence-corrected chi connectivity index (χ2v) is 7.66. The SMILES string of the molecule is COC(OC(CO)COC(OC(CO)CO)[C@@H](O)CO)[C@H](CO)OC1OC(C)C(O)[C@H](O)[C@@H]1O. The van der Waals surface area contributed by atoms with Crippen molar-refractivity contribution in [3.8, 4) is 0 Å². The van der Waals surface area contributed by atoms with Gasteiger partial charge in [0.2, 0.25) is 0 Å². The van der Waals surface area contributed by atoms with E-state index in [0.29, 0.717) is 0 Å². The van der Waals surface area contributed by atoms with Crippen LogP contribution in [-0.4, -0.2) is 160 Å². The number of methoxy groups -OCH3 is 1. The maximum Gasteiger partial charge on any atom is 0.187 e. The Hall–Kier alpha value is -0.600. The third-order valence-electron chi connectivity index (χ3n) is 5.04. The Morgan fingerprint density at radius 1 is 0.765 bits per heavy atom. The minimum atomic E-state index is -1.64. The molecule has 34 heavy (non-hydrogen) atoms. The van der Waals surface area contributed by atoms with Crippen molar-refractivity contribution in [2.75, 3.05) is 46.8 Å². The van der Waals surface area contributed by atoms with E-state index in [0.717, 1.165) is 0 Å². The van der Waals surface area contributed by atoms with Gasteiger partial charge in [0.1, 0.15) is 42.7 Å². The maximum absolute atomic E-state index is 10.1. The smallest absolute Gasteiger partial charge is 0.187 e. The van der Waals surface area contributed by atoms with Crippen LogP contribution in [0.15, 0.2) is 0 Å². The molecule has 1 fully saturated rings. The van der Waals surface area contributed by atoms with E-state index in [1.165, 1.54) is 14.0 Å². The van der Waals surface area contributed by atoms with Crippen molar-refractivity contribution in [3.63, 3.8) is 0 Å². The molecular weight excluding hydrogens is 468 g/mol. The number of ether oxygens (including phenoxy) is 6. The fourth-order valence-corrected chi connectivity index (χ4v) is 2.97. The number of aliphatic hydroxyl groups excluding tert-OH is 9. The summed E-state index contributed by atoms with van der Waals surface area (Å²) in [5.74, 6) is 0. The molecule has 0 aromatic carbocycles. The molecule has 0 aliphatic carbocycles. The lowest BCUT2D eigenvalue weighted by Crippen LogP contribution is -2.59. The number of hydrogen-bond acceptors (Lipinski definition) is 15. The van der Waals surface area contributed by atoms with Crippen molar-refractivity contribution < 1.29 is 74.4 Å². The third kappa shape index (κ3) is 9.12. The van der Waals surface area contributed by atoms with Crippen LogP contribution in [0.4, 0.5) is 0 Å². The molecule has 1 aliphatic heterocycles. The largest absolute Gasteiger partial charge is 0.394 e. The van der Waals surface area contributed by atoms with Crippen LogP contribution in [0, 0.1) is 0 Å². The van der Waals surface area contributed by atoms with Crippen LogP contribution in [-0.2, 0) is 28.4 Å². The van der Waals surface area contributed by atoms with Crippen LogP contribution in [0.3, 0.4) is 0 Å². The highest BCUT2D eigenvalue weighted by atomic mass is 16.8. The van der Waals surface area contributed by atoms with E-state index in [4.69, 9.17) is 43.7 Å². The Morgan fingerprint density at radius 2 is 1.35 bits per heavy atom. The molecule has 0 spiro atoms. The summed E-state index contributed by atoms with van der Waals surface area (Å²) in [6.07, 6.45) is -14.8. The fourth-order valence-electron chi connectivity index (χ4n) is 2.97. The lowest BCUT2D eigenvalue weighted by atomic mass is 10.00. The van der Waals surface area contributed by atoms with Gasteiger partial charge in [0.05, 0.1) is 45.7 Å². The molecule has 204 valence electrons. The molecule has 1 aliphatic rings. The molecule has 1 saturated heterocycles. The van der Waals surface area contributed by atoms with E-state index in [2.05, 4.69) is 0 Å². The first-order chi connectivity index (χ1) is 16.2. The van der Waals surface area contributed by atoms with Gasteiger partial charge in [-0.1, -0.05) is 0 Å². The zero-order valence-electron chi connectivity index (χ0n) is 19.1. The predicted octanol–water partition coefficient (Wildman–Crippen LogP) is -5.39. The van der Waals surface area contributed by atoms with E-state index in [-0.39, 0.29) is 0 Å². The summed E-state index contributed by atoms with van der Waals surface area (Å²) in [5, 5.41) is 86.5. The molecule has 0 aromatic heterocycles. The first kappa shape index (κ1) is 31.4. The van der Waals surface area contributed by atoms with E-state index in [1.54, 1.807) is 0 Å². The van der Waals surface area contributed by atoms with E-state index >= 15 is 0 Å². The van der Waals surface area contributed by atoms with Gasteiger partial charge in [0, 0.05) is 7.11 Å². The second-order valence-electron chi connectivity index (χ2n) is 7.66. The molecule has 0 saturated carbocycles. The Balaban J connectivity index is 2.78. The topological polar surface area (TPSA) is 237 Å². The summed E-state index contributed by atoms with van der Waals surface area (Å²) in [4.78, 5) is 0. The molecular formula is C19H38O15. The summed E-state index contributed by atoms with van der Waals surface area (Å²) >= 11 is 0. The van der Waals surface area contributed by atoms with E-state index in [1.807, 2.05) is 0 Å². The highest BCUT2D eigenvalue weighted by molar-refractivity contribution is 4.87. The van der Waals surface area contributed by atoms with Crippen molar-refractivity contribution in [1.82, 2.24) is 0 Å². The monoisotopic (exact) mass is 506 g/mol. The van der Waals surface area contributed by atoms with Crippen molar-refractivity contribution in [2.24, 2.45) is 0 Å². The fraction of sp³-hybridized carbons (Fsp3) is 1.00. The summed E-state index contributed by atoms with van der Waals surface area (Å²) < 4.78 is 32.0. The van der Waals surface area contributed by atoms with Gasteiger partial charge < -0.3 is 74.4 Å². The van der Waals surface area contributed by atoms with Crippen molar-refractivity contribution >= 4 is 0 Å². The van der Waals surface area contributed by atoms with Gasteiger partial charge in [-0.2, -0.15) is 0 Å². The van der Waals surface area contributed by atoms with Gasteiger partial charge in [-0.3, -0.25) is 0 Å². The van der Waals surface area contributed by atoms with Gasteiger partial charge in [0.25, 0.3) is 0 Å². The maximum atomic E-state index is 10.1. The highest BCUT2D eigenvalue weighted by Crippen LogP contribution is 2.24. The van der Waals surface area contributed by atoms with E-state index < -0.39 is 107 Å². The summed E-state index contributed by atoms with van der Waals surface area (Å²) in [6.45, 7) is -2.24. The molecule has 15 nitrogen and oxygen atoms in total. The molecule has 0 radical (unpaired) electrons. The van der Waals surface area contributed by atoms with Gasteiger partial charge in [-0.25, -0.2) is 0 Å². The van der Waals surface area contributed by atoms with Crippen molar-refractivity contribution in [3.05, 3.63) is 0 Å². The predicted molar refractivity (Wildman–Crippen MR) is 109 cm³/mol. The van der Waals surface area contributed by atoms with Crippen LogP contribution in [0.2, 0.25) is 0 Å². The number of aliphatic hydroxyl groups is 9. The third-order valence-corrected chi connectivity index (χ3v) is 5.04. The van der Waals surface area contributed by atoms with Crippen LogP contribution >= 0.6 is 0 Å². The molecule has 1 rings (SSSR count). The molecule has 9 N–H and O–H groups in total. The van der Waals surface area contributed by atoms with Crippen LogP contribution in [0.1, 0.15) is 6.92 Å². The Kier molecular flexibility index (Phi) is 15.0. The Morgan fingerprint density at radius 3 is 1.85 bits per heavy atom. The molecule has 6 unspecified atom stereocenters. The van der Waals surface area contributed by atoms with Gasteiger partial charge in [0.15, 0.2) is 18.9 Å². The molecule has 15 heteroatoms. The quantitative estimate of drug-likeness (QED) is 0.0837. The van der Waals surface area contributed by atoms with Crippen LogP contribution in [0.5, 0.6) is 0 Å². The Bertz CT molecular complexity index is 524. The zero-order valence-corrected chi connectivity index (χ0v) is 19.1. The average Bonchev–Trinajstić information content (AvgIpc) is 2.85. The van der Waals surface area contributed by atoms with Gasteiger partial charge in [-0.05, 0) is 6.92 Å². The Labute approximate surface area is 196 Å². The lowest BCUT2D eigenvalue weighted by Gasteiger charge is -2.41. The average molecular weight is 506 g/mol. The summed E-state index contributed by atoms with van der Waals surface area (Å²) in [5.41, 5.74) is 0. The lowest BCUT2D eigenvalue weighted by molar-refractivity contribution is -0.333. The first-order valence-electron chi connectivity index (χ1n) is 10.7. The van der Waals surface area contributed by atoms with Gasteiger partial charge in [-0.15, -0.1) is 0 Å². The highest BCUT2D eigenvalue weighted by Gasteiger charge is 2.44. The zero-order chi connectivity index (χ0) is 25.8. The minimum absolute atomic E-state index is 0.426. The van der Waals surface area contributed by atoms with Crippen LogP contribution < -0.4 is 0 Å². The van der Waals surface area contributed by atoms with Crippen molar-refractivity contribution in [2.45, 2.75) is 74.6 Å². The molecule has 0 bridgehead atoms. The number of hydrogen-bond donors (Lipinski definition) is 9. The number of rotatable bonds is 17. The first-order valence-corrected chi connectivity index (χ1v) is 10.7.